The predicted octanol–water partition coefficient (Wildman–Crippen LogP) is 2.02. The largest absolute Gasteiger partial charge is 0.373 e. The highest BCUT2D eigenvalue weighted by Gasteiger charge is 2.38. The van der Waals surface area contributed by atoms with Crippen molar-refractivity contribution in [3.05, 3.63) is 21.7 Å². The van der Waals surface area contributed by atoms with Crippen molar-refractivity contribution in [1.29, 1.82) is 0 Å². The highest BCUT2D eigenvalue weighted by molar-refractivity contribution is 7.15. The molecule has 4 rings (SSSR count). The van der Waals surface area contributed by atoms with E-state index in [2.05, 4.69) is 10.3 Å². The maximum Gasteiger partial charge on any atom is 0.373 e. The quantitative estimate of drug-likeness (QED) is 0.693. The fourth-order valence-electron chi connectivity index (χ4n) is 3.69. The van der Waals surface area contributed by atoms with Crippen molar-refractivity contribution in [3.8, 4) is 0 Å². The molecule has 0 aromatic carbocycles. The number of aromatic nitrogens is 2. The van der Waals surface area contributed by atoms with Crippen LogP contribution >= 0.6 is 11.3 Å². The Bertz CT molecular complexity index is 684. The van der Waals surface area contributed by atoms with E-state index < -0.39 is 0 Å². The van der Waals surface area contributed by atoms with Crippen LogP contribution in [0.3, 0.4) is 0 Å². The molecule has 2 fully saturated rings. The smallest absolute Gasteiger partial charge is 0.358 e. The number of imidazole rings is 1. The topological polar surface area (TPSA) is 75.7 Å². The van der Waals surface area contributed by atoms with E-state index in [9.17, 15) is 10.1 Å². The molecule has 1 N–H and O–H groups in total. The normalized spacial score (nSPS) is 28.1. The van der Waals surface area contributed by atoms with Crippen LogP contribution in [0.2, 0.25) is 0 Å². The van der Waals surface area contributed by atoms with E-state index in [1.807, 2.05) is 17.3 Å². The van der Waals surface area contributed by atoms with Crippen LogP contribution in [0.25, 0.3) is 4.96 Å². The van der Waals surface area contributed by atoms with Crippen LogP contribution in [-0.4, -0.2) is 39.5 Å². The predicted molar refractivity (Wildman–Crippen MR) is 81.1 cm³/mol. The highest BCUT2D eigenvalue weighted by Crippen LogP contribution is 2.36. The number of nitrogens with one attached hydrogen (secondary N) is 1. The third kappa shape index (κ3) is 2.01. The van der Waals surface area contributed by atoms with Gasteiger partial charge in [-0.25, -0.2) is 0 Å². The fraction of sp³-hybridized carbons (Fsp3) is 0.615. The number of nitro groups is 1. The van der Waals surface area contributed by atoms with Crippen LogP contribution in [0.4, 0.5) is 11.6 Å². The van der Waals surface area contributed by atoms with E-state index in [-0.39, 0.29) is 10.7 Å². The average Bonchev–Trinajstić information content (AvgIpc) is 3.11. The summed E-state index contributed by atoms with van der Waals surface area (Å²) >= 11 is 1.43. The number of nitrogens with zero attached hydrogens (tertiary/aromatic N) is 4. The van der Waals surface area contributed by atoms with E-state index in [4.69, 9.17) is 0 Å². The third-order valence-corrected chi connectivity index (χ3v) is 5.48. The third-order valence-electron chi connectivity index (χ3n) is 4.72. The molecule has 112 valence electrons. The molecule has 2 aromatic rings. The minimum Gasteiger partial charge on any atom is -0.358 e. The zero-order valence-corrected chi connectivity index (χ0v) is 12.5. The van der Waals surface area contributed by atoms with E-state index in [1.165, 1.54) is 24.2 Å². The Hall–Kier alpha value is -1.67. The van der Waals surface area contributed by atoms with Crippen LogP contribution < -0.4 is 10.2 Å². The van der Waals surface area contributed by atoms with Crippen molar-refractivity contribution in [3.63, 3.8) is 0 Å². The van der Waals surface area contributed by atoms with Crippen LogP contribution in [0.5, 0.6) is 0 Å². The van der Waals surface area contributed by atoms with Gasteiger partial charge in [0.05, 0.1) is 0 Å². The molecule has 2 atom stereocenters. The molecule has 0 radical (unpaired) electrons. The monoisotopic (exact) mass is 307 g/mol. The van der Waals surface area contributed by atoms with Crippen molar-refractivity contribution in [2.24, 2.45) is 0 Å². The van der Waals surface area contributed by atoms with Crippen molar-refractivity contribution in [2.75, 3.05) is 11.9 Å². The maximum atomic E-state index is 11.4. The van der Waals surface area contributed by atoms with Crippen LogP contribution in [-0.2, 0) is 0 Å². The zero-order chi connectivity index (χ0) is 14.6. The van der Waals surface area contributed by atoms with Gasteiger partial charge in [0.15, 0.2) is 0 Å². The lowest BCUT2D eigenvalue weighted by Gasteiger charge is -2.35. The van der Waals surface area contributed by atoms with Gasteiger partial charge in [-0.2, -0.15) is 9.38 Å². The lowest BCUT2D eigenvalue weighted by Crippen LogP contribution is -2.47. The summed E-state index contributed by atoms with van der Waals surface area (Å²) in [4.78, 5) is 18.3. The first-order valence-electron chi connectivity index (χ1n) is 7.22. The fourth-order valence-corrected chi connectivity index (χ4v) is 4.39. The molecule has 4 heterocycles. The summed E-state index contributed by atoms with van der Waals surface area (Å²) in [6.07, 6.45) is 6.23. The van der Waals surface area contributed by atoms with E-state index >= 15 is 0 Å². The first kappa shape index (κ1) is 13.0. The first-order chi connectivity index (χ1) is 10.1. The summed E-state index contributed by atoms with van der Waals surface area (Å²) in [6.45, 7) is 0. The van der Waals surface area contributed by atoms with Gasteiger partial charge in [0, 0.05) is 30.6 Å². The lowest BCUT2D eigenvalue weighted by atomic mass is 9.98. The van der Waals surface area contributed by atoms with E-state index in [0.717, 1.165) is 12.8 Å². The van der Waals surface area contributed by atoms with E-state index in [1.54, 1.807) is 10.6 Å². The number of thiazole rings is 1. The number of hydrogen-bond acceptors (Lipinski definition) is 6. The van der Waals surface area contributed by atoms with Crippen LogP contribution in [0.1, 0.15) is 25.7 Å². The summed E-state index contributed by atoms with van der Waals surface area (Å²) < 4.78 is 1.58. The molecule has 2 aliphatic rings. The second kappa shape index (κ2) is 4.67. The molecule has 0 saturated carbocycles. The standard InChI is InChI=1S/C13H17N5O2S/c1-16(10-6-8-2-3-9(7-10)14-8)11-12(18(19)20)17-4-5-21-13(17)15-11/h4-5,8-10,14H,2-3,6-7H2,1H3. The minimum absolute atomic E-state index is 0.0830. The summed E-state index contributed by atoms with van der Waals surface area (Å²) in [7, 11) is 1.94. The molecular weight excluding hydrogens is 290 g/mol. The Labute approximate surface area is 125 Å². The molecule has 0 amide bonds. The van der Waals surface area contributed by atoms with E-state index in [0.29, 0.717) is 28.9 Å². The van der Waals surface area contributed by atoms with Gasteiger partial charge < -0.3 is 20.3 Å². The molecule has 2 saturated heterocycles. The lowest BCUT2D eigenvalue weighted by molar-refractivity contribution is -0.389. The summed E-state index contributed by atoms with van der Waals surface area (Å²) in [5.41, 5.74) is 0. The molecule has 21 heavy (non-hydrogen) atoms. The van der Waals surface area contributed by atoms with Gasteiger partial charge in [0.1, 0.15) is 6.20 Å². The molecule has 2 unspecified atom stereocenters. The Kier molecular flexibility index (Phi) is 2.90. The van der Waals surface area contributed by atoms with Crippen LogP contribution in [0, 0.1) is 10.1 Å². The zero-order valence-electron chi connectivity index (χ0n) is 11.7. The van der Waals surface area contributed by atoms with Gasteiger partial charge in [0.2, 0.25) is 5.82 Å². The summed E-state index contributed by atoms with van der Waals surface area (Å²) in [5.74, 6) is 0.581. The molecule has 8 heteroatoms. The SMILES string of the molecule is CN(c1nc2sccn2c1[N+](=O)[O-])C1CC2CCC(C1)N2. The second-order valence-corrected chi connectivity index (χ2v) is 6.82. The van der Waals surface area contributed by atoms with Gasteiger partial charge in [-0.3, -0.25) is 0 Å². The Morgan fingerprint density at radius 1 is 1.48 bits per heavy atom. The van der Waals surface area contributed by atoms with Gasteiger partial charge >= 0.3 is 5.82 Å². The Balaban J connectivity index is 1.70. The Morgan fingerprint density at radius 3 is 2.86 bits per heavy atom. The Morgan fingerprint density at radius 2 is 2.19 bits per heavy atom. The number of rotatable bonds is 3. The molecule has 0 aliphatic carbocycles. The first-order valence-corrected chi connectivity index (χ1v) is 8.10. The number of fused-ring (bicyclic) bond motifs is 3. The van der Waals surface area contributed by atoms with Crippen LogP contribution in [0.15, 0.2) is 11.6 Å². The molecule has 2 bridgehead atoms. The second-order valence-electron chi connectivity index (χ2n) is 5.95. The summed E-state index contributed by atoms with van der Waals surface area (Å²) in [6, 6.07) is 1.44. The van der Waals surface area contributed by atoms with Crippen molar-refractivity contribution in [2.45, 2.75) is 43.8 Å². The number of piperidine rings is 1. The van der Waals surface area contributed by atoms with Gasteiger partial charge in [0.25, 0.3) is 4.96 Å². The van der Waals surface area contributed by atoms with Gasteiger partial charge in [-0.15, -0.1) is 0 Å². The molecular formula is C13H17N5O2S. The molecule has 0 spiro atoms. The van der Waals surface area contributed by atoms with Crippen molar-refractivity contribution >= 4 is 27.9 Å². The number of hydrogen-bond donors (Lipinski definition) is 1. The minimum atomic E-state index is -0.325. The molecule has 7 nitrogen and oxygen atoms in total. The van der Waals surface area contributed by atoms with Gasteiger partial charge in [-0.1, -0.05) is 11.3 Å². The molecule has 2 aliphatic heterocycles. The summed E-state index contributed by atoms with van der Waals surface area (Å²) in [5, 5.41) is 16.9. The van der Waals surface area contributed by atoms with Gasteiger partial charge in [-0.05, 0) is 30.6 Å². The number of anilines is 1. The van der Waals surface area contributed by atoms with Crippen molar-refractivity contribution < 1.29 is 4.92 Å². The van der Waals surface area contributed by atoms with Crippen molar-refractivity contribution in [1.82, 2.24) is 14.7 Å². The molecule has 2 aromatic heterocycles. The maximum absolute atomic E-state index is 11.4. The highest BCUT2D eigenvalue weighted by atomic mass is 32.1. The average molecular weight is 307 g/mol.